The van der Waals surface area contributed by atoms with E-state index < -0.39 is 0 Å². The molecule has 1 aromatic carbocycles. The highest BCUT2D eigenvalue weighted by Crippen LogP contribution is 2.60. The standard InChI is InChI=1S/C27H32O3.C2H4O2/c1-14-8-9-26(4)10-11-27(5)19-7-6-17-15(2)24(29)21(28)13-18(17)22(19)16(3)25(30)23(27)20(26)12-14;1-4-2-3/h6-7,13-14,20,23,29H,8-12H2,1-5H3;2H,1H3. The second-order valence-electron chi connectivity index (χ2n) is 11.3. The summed E-state index contributed by atoms with van der Waals surface area (Å²) >= 11 is 0. The number of hydrogen-bond donors (Lipinski definition) is 1. The van der Waals surface area contributed by atoms with E-state index >= 15 is 0 Å². The van der Waals surface area contributed by atoms with Gasteiger partial charge in [0.2, 0.25) is 5.78 Å². The van der Waals surface area contributed by atoms with E-state index in [1.807, 2.05) is 13.0 Å². The number of carbonyl (C=O) groups is 3. The maximum absolute atomic E-state index is 13.9. The van der Waals surface area contributed by atoms with Crippen LogP contribution in [0.1, 0.15) is 77.8 Å². The summed E-state index contributed by atoms with van der Waals surface area (Å²) in [5, 5.41) is 11.9. The van der Waals surface area contributed by atoms with Crippen molar-refractivity contribution in [2.24, 2.45) is 23.2 Å². The number of Topliss-reactive ketones (excluding diaryl/α,β-unsaturated/α-hetero) is 2. The normalized spacial score (nSPS) is 33.9. The van der Waals surface area contributed by atoms with E-state index in [1.165, 1.54) is 31.6 Å². The summed E-state index contributed by atoms with van der Waals surface area (Å²) in [6.07, 6.45) is 7.33. The van der Waals surface area contributed by atoms with Crippen molar-refractivity contribution in [1.29, 1.82) is 0 Å². The van der Waals surface area contributed by atoms with Crippen LogP contribution in [-0.2, 0) is 24.5 Å². The van der Waals surface area contributed by atoms with E-state index in [0.717, 1.165) is 40.8 Å². The van der Waals surface area contributed by atoms with Crippen LogP contribution in [0.2, 0.25) is 0 Å². The van der Waals surface area contributed by atoms with Crippen molar-refractivity contribution < 1.29 is 24.2 Å². The van der Waals surface area contributed by atoms with Crippen LogP contribution < -0.4 is 10.4 Å². The highest BCUT2D eigenvalue weighted by atomic mass is 16.5. The Hall–Kier alpha value is -2.69. The van der Waals surface area contributed by atoms with Gasteiger partial charge in [-0.3, -0.25) is 14.4 Å². The molecular weight excluding hydrogens is 428 g/mol. The third kappa shape index (κ3) is 3.47. The van der Waals surface area contributed by atoms with Gasteiger partial charge in [0.1, 0.15) is 0 Å². The molecular formula is C29H36O5. The molecule has 4 aliphatic carbocycles. The fraction of sp³-hybridized carbons (Fsp3) is 0.552. The SMILES string of the molecule is CC1=C(O)C(=O)C=c2c1ccc1c2=C(C)C(=O)C2C3CC(C)CCC3(C)CCC12C.COC=O. The molecule has 2 fully saturated rings. The first-order chi connectivity index (χ1) is 16.0. The van der Waals surface area contributed by atoms with Crippen LogP contribution >= 0.6 is 0 Å². The molecule has 1 N–H and O–H groups in total. The lowest BCUT2D eigenvalue weighted by molar-refractivity contribution is -0.132. The Bertz CT molecular complexity index is 1220. The summed E-state index contributed by atoms with van der Waals surface area (Å²) in [7, 11) is 1.31. The summed E-state index contributed by atoms with van der Waals surface area (Å²) in [4.78, 5) is 35.3. The molecule has 5 nitrogen and oxygen atoms in total. The minimum Gasteiger partial charge on any atom is -0.504 e. The highest BCUT2D eigenvalue weighted by Gasteiger charge is 2.58. The third-order valence-corrected chi connectivity index (χ3v) is 9.32. The molecule has 0 heterocycles. The Kier molecular flexibility index (Phi) is 6.12. The Morgan fingerprint density at radius 3 is 2.41 bits per heavy atom. The van der Waals surface area contributed by atoms with E-state index in [-0.39, 0.29) is 34.1 Å². The molecule has 0 amide bonds. The maximum atomic E-state index is 13.9. The Morgan fingerprint density at radius 2 is 1.76 bits per heavy atom. The van der Waals surface area contributed by atoms with Crippen LogP contribution in [0.15, 0.2) is 17.9 Å². The third-order valence-electron chi connectivity index (χ3n) is 9.32. The highest BCUT2D eigenvalue weighted by molar-refractivity contribution is 6.22. The molecule has 0 spiro atoms. The predicted octanol–water partition coefficient (Wildman–Crippen LogP) is 3.99. The minimum absolute atomic E-state index is 0.0221. The largest absolute Gasteiger partial charge is 0.504 e. The summed E-state index contributed by atoms with van der Waals surface area (Å²) in [5.74, 6) is 0.844. The van der Waals surface area contributed by atoms with Crippen molar-refractivity contribution in [3.63, 3.8) is 0 Å². The molecule has 5 heteroatoms. The Morgan fingerprint density at radius 1 is 1.09 bits per heavy atom. The van der Waals surface area contributed by atoms with Crippen molar-refractivity contribution in [1.82, 2.24) is 0 Å². The summed E-state index contributed by atoms with van der Waals surface area (Å²) < 4.78 is 3.86. The van der Waals surface area contributed by atoms with E-state index in [1.54, 1.807) is 6.92 Å². The zero-order valence-corrected chi connectivity index (χ0v) is 21.2. The van der Waals surface area contributed by atoms with E-state index in [0.29, 0.717) is 23.9 Å². The van der Waals surface area contributed by atoms with Gasteiger partial charge in [0.05, 0.1) is 7.11 Å². The van der Waals surface area contributed by atoms with Crippen LogP contribution in [0.25, 0.3) is 17.2 Å². The van der Waals surface area contributed by atoms with Gasteiger partial charge in [-0.25, -0.2) is 0 Å². The summed E-state index contributed by atoms with van der Waals surface area (Å²) in [6.45, 7) is 11.1. The number of fused-ring (bicyclic) bond motifs is 7. The molecule has 0 aromatic heterocycles. The first kappa shape index (κ1) is 24.4. The molecule has 5 rings (SSSR count). The fourth-order valence-corrected chi connectivity index (χ4v) is 7.21. The van der Waals surface area contributed by atoms with Gasteiger partial charge in [0.25, 0.3) is 6.47 Å². The lowest BCUT2D eigenvalue weighted by atomic mass is 9.45. The molecule has 0 saturated heterocycles. The van der Waals surface area contributed by atoms with Crippen LogP contribution in [0, 0.1) is 23.2 Å². The van der Waals surface area contributed by atoms with Crippen molar-refractivity contribution in [2.75, 3.05) is 7.11 Å². The average molecular weight is 465 g/mol. The van der Waals surface area contributed by atoms with Gasteiger partial charge in [0, 0.05) is 22.5 Å². The van der Waals surface area contributed by atoms with E-state index in [2.05, 4.69) is 31.6 Å². The quantitative estimate of drug-likeness (QED) is 0.636. The second-order valence-corrected chi connectivity index (χ2v) is 11.3. The van der Waals surface area contributed by atoms with Crippen molar-refractivity contribution >= 4 is 35.3 Å². The molecule has 182 valence electrons. The molecule has 0 aliphatic heterocycles. The topological polar surface area (TPSA) is 80.7 Å². The van der Waals surface area contributed by atoms with Crippen molar-refractivity contribution in [3.8, 4) is 0 Å². The fourth-order valence-electron chi connectivity index (χ4n) is 7.21. The number of hydrogen-bond acceptors (Lipinski definition) is 5. The minimum atomic E-state index is -0.363. The van der Waals surface area contributed by atoms with Gasteiger partial charge < -0.3 is 9.84 Å². The van der Waals surface area contributed by atoms with Gasteiger partial charge in [-0.15, -0.1) is 0 Å². The van der Waals surface area contributed by atoms with Gasteiger partial charge in [-0.05, 0) is 84.4 Å². The van der Waals surface area contributed by atoms with Crippen molar-refractivity contribution in [3.05, 3.63) is 39.5 Å². The first-order valence-electron chi connectivity index (χ1n) is 12.3. The number of carbonyl (C=O) groups excluding carboxylic acids is 3. The Balaban J connectivity index is 0.000000636. The lowest BCUT2D eigenvalue weighted by Crippen LogP contribution is -2.59. The lowest BCUT2D eigenvalue weighted by Gasteiger charge is -2.58. The number of aliphatic hydroxyl groups excluding tert-OH is 1. The number of ketones is 2. The zero-order valence-electron chi connectivity index (χ0n) is 21.2. The number of benzene rings is 1. The molecule has 2 saturated carbocycles. The Labute approximate surface area is 201 Å². The molecule has 0 bridgehead atoms. The maximum Gasteiger partial charge on any atom is 0.292 e. The molecule has 5 unspecified atom stereocenters. The van der Waals surface area contributed by atoms with Crippen LogP contribution in [-0.4, -0.2) is 30.3 Å². The summed E-state index contributed by atoms with van der Waals surface area (Å²) in [5.41, 5.74) is 3.55. The van der Waals surface area contributed by atoms with Gasteiger partial charge >= 0.3 is 0 Å². The molecule has 5 atom stereocenters. The molecule has 4 aliphatic rings. The number of ether oxygens (including phenoxy) is 1. The van der Waals surface area contributed by atoms with E-state index in [9.17, 15) is 14.7 Å². The van der Waals surface area contributed by atoms with Gasteiger partial charge in [0.15, 0.2) is 11.5 Å². The van der Waals surface area contributed by atoms with Crippen LogP contribution in [0.5, 0.6) is 0 Å². The van der Waals surface area contributed by atoms with Crippen molar-refractivity contribution in [2.45, 2.75) is 72.1 Å². The van der Waals surface area contributed by atoms with E-state index in [4.69, 9.17) is 4.79 Å². The average Bonchev–Trinajstić information content (AvgIpc) is 2.82. The zero-order chi connectivity index (χ0) is 25.0. The number of allylic oxidation sites excluding steroid dienone is 2. The molecule has 1 aromatic rings. The van der Waals surface area contributed by atoms with Crippen LogP contribution in [0.3, 0.4) is 0 Å². The second kappa shape index (κ2) is 8.51. The van der Waals surface area contributed by atoms with Gasteiger partial charge in [-0.1, -0.05) is 39.3 Å². The number of methoxy groups -OCH3 is 1. The number of aliphatic hydroxyl groups is 1. The molecule has 34 heavy (non-hydrogen) atoms. The monoisotopic (exact) mass is 464 g/mol. The first-order valence-corrected chi connectivity index (χ1v) is 12.3. The van der Waals surface area contributed by atoms with Crippen LogP contribution in [0.4, 0.5) is 0 Å². The smallest absolute Gasteiger partial charge is 0.292 e. The summed E-state index contributed by atoms with van der Waals surface area (Å²) in [6, 6.07) is 4.22. The predicted molar refractivity (Wildman–Crippen MR) is 132 cm³/mol. The number of rotatable bonds is 1. The molecule has 0 radical (unpaired) electrons. The van der Waals surface area contributed by atoms with Gasteiger partial charge in [-0.2, -0.15) is 0 Å².